The van der Waals surface area contributed by atoms with Crippen LogP contribution in [0.2, 0.25) is 0 Å². The maximum atomic E-state index is 13.4. The lowest BCUT2D eigenvalue weighted by molar-refractivity contribution is -0.883. The van der Waals surface area contributed by atoms with Crippen LogP contribution in [0, 0.1) is 0 Å². The molecule has 3 aliphatic rings. The first-order valence-corrected chi connectivity index (χ1v) is 10.7. The molecular formula is C22H32N3O3+. The molecule has 4 rings (SSSR count). The quantitative estimate of drug-likeness (QED) is 0.822. The van der Waals surface area contributed by atoms with Crippen molar-refractivity contribution < 1.29 is 19.2 Å². The van der Waals surface area contributed by atoms with Gasteiger partial charge in [0, 0.05) is 0 Å². The zero-order valence-corrected chi connectivity index (χ0v) is 16.9. The Balaban J connectivity index is 1.56. The lowest BCUT2D eigenvalue weighted by Gasteiger charge is -2.42. The van der Waals surface area contributed by atoms with E-state index in [1.165, 1.54) is 11.3 Å². The monoisotopic (exact) mass is 386 g/mol. The van der Waals surface area contributed by atoms with Crippen molar-refractivity contribution in [1.82, 2.24) is 9.80 Å². The molecule has 152 valence electrons. The van der Waals surface area contributed by atoms with Crippen LogP contribution in [0.3, 0.4) is 0 Å². The Morgan fingerprint density at radius 1 is 1.11 bits per heavy atom. The molecule has 3 fully saturated rings. The molecule has 1 saturated carbocycles. The van der Waals surface area contributed by atoms with Crippen LogP contribution in [0.4, 0.5) is 0 Å². The number of nitrogens with one attached hydrogen (secondary N) is 1. The number of benzene rings is 1. The van der Waals surface area contributed by atoms with Crippen LogP contribution < -0.4 is 4.90 Å². The van der Waals surface area contributed by atoms with E-state index in [0.29, 0.717) is 13.0 Å². The fourth-order valence-electron chi connectivity index (χ4n) is 4.91. The van der Waals surface area contributed by atoms with Gasteiger partial charge < -0.3 is 14.5 Å². The van der Waals surface area contributed by atoms with Gasteiger partial charge in [0.2, 0.25) is 11.8 Å². The summed E-state index contributed by atoms with van der Waals surface area (Å²) in [5.41, 5.74) is 0.405. The molecule has 2 heterocycles. The molecule has 2 saturated heterocycles. The van der Waals surface area contributed by atoms with Gasteiger partial charge in [-0.2, -0.15) is 0 Å². The van der Waals surface area contributed by atoms with Gasteiger partial charge in [0.15, 0.2) is 0 Å². The van der Waals surface area contributed by atoms with Crippen LogP contribution in [0.5, 0.6) is 0 Å². The van der Waals surface area contributed by atoms with E-state index in [2.05, 4.69) is 7.05 Å². The summed E-state index contributed by atoms with van der Waals surface area (Å²) in [4.78, 5) is 32.0. The van der Waals surface area contributed by atoms with E-state index in [4.69, 9.17) is 4.74 Å². The van der Waals surface area contributed by atoms with Gasteiger partial charge in [-0.25, -0.2) is 0 Å². The highest BCUT2D eigenvalue weighted by molar-refractivity contribution is 5.89. The summed E-state index contributed by atoms with van der Waals surface area (Å²) < 4.78 is 6.25. The standard InChI is InChI=1S/C22H31N3O3/c1-23-12-14-24(15-13-23)21(27)19-17-28-22(10-6-3-7-11-22)25(19)20(26)16-18-8-4-2-5-9-18/h2,4-5,8-9,19H,3,6-7,10-17H2,1H3/p+1/t19-/m1/s1. The summed E-state index contributed by atoms with van der Waals surface area (Å²) in [7, 11) is 2.16. The van der Waals surface area contributed by atoms with Crippen LogP contribution in [0.25, 0.3) is 0 Å². The summed E-state index contributed by atoms with van der Waals surface area (Å²) in [5.74, 6) is 0.0834. The van der Waals surface area contributed by atoms with Crippen molar-refractivity contribution in [3.05, 3.63) is 35.9 Å². The minimum absolute atomic E-state index is 0.0173. The Kier molecular flexibility index (Phi) is 5.69. The SMILES string of the molecule is C[NH+]1CCN(C(=O)[C@H]2COC3(CCCCC3)N2C(=O)Cc2ccccc2)CC1. The average molecular weight is 387 g/mol. The number of ether oxygens (including phenoxy) is 1. The fourth-order valence-corrected chi connectivity index (χ4v) is 4.91. The van der Waals surface area contributed by atoms with E-state index in [9.17, 15) is 9.59 Å². The van der Waals surface area contributed by atoms with E-state index >= 15 is 0 Å². The summed E-state index contributed by atoms with van der Waals surface area (Å²) in [5, 5.41) is 0. The second kappa shape index (κ2) is 8.21. The molecule has 1 aliphatic carbocycles. The molecule has 0 bridgehead atoms. The van der Waals surface area contributed by atoms with Gasteiger partial charge >= 0.3 is 0 Å². The van der Waals surface area contributed by atoms with Gasteiger partial charge in [-0.05, 0) is 31.2 Å². The highest BCUT2D eigenvalue weighted by Crippen LogP contribution is 2.41. The molecule has 6 nitrogen and oxygen atoms in total. The van der Waals surface area contributed by atoms with Crippen LogP contribution in [0.15, 0.2) is 30.3 Å². The number of carbonyl (C=O) groups excluding carboxylic acids is 2. The number of piperazine rings is 1. The van der Waals surface area contributed by atoms with E-state index in [0.717, 1.165) is 57.4 Å². The maximum absolute atomic E-state index is 13.4. The molecule has 0 unspecified atom stereocenters. The van der Waals surface area contributed by atoms with Gasteiger partial charge in [0.1, 0.15) is 11.8 Å². The van der Waals surface area contributed by atoms with Crippen molar-refractivity contribution in [1.29, 1.82) is 0 Å². The van der Waals surface area contributed by atoms with E-state index < -0.39 is 11.8 Å². The molecule has 2 amide bonds. The highest BCUT2D eigenvalue weighted by atomic mass is 16.5. The molecule has 1 aromatic rings. The first-order chi connectivity index (χ1) is 13.6. The zero-order valence-electron chi connectivity index (χ0n) is 16.9. The first-order valence-electron chi connectivity index (χ1n) is 10.7. The molecule has 1 N–H and O–H groups in total. The Labute approximate surface area is 167 Å². The molecule has 1 aromatic carbocycles. The number of carbonyl (C=O) groups is 2. The lowest BCUT2D eigenvalue weighted by Crippen LogP contribution is -3.12. The lowest BCUT2D eigenvalue weighted by atomic mass is 9.89. The fraction of sp³-hybridized carbons (Fsp3) is 0.636. The van der Waals surface area contributed by atoms with Crippen molar-refractivity contribution in [3.63, 3.8) is 0 Å². The molecule has 2 aliphatic heterocycles. The van der Waals surface area contributed by atoms with Gasteiger partial charge in [0.25, 0.3) is 0 Å². The second-order valence-corrected chi connectivity index (χ2v) is 8.54. The van der Waals surface area contributed by atoms with Crippen molar-refractivity contribution in [2.24, 2.45) is 0 Å². The third-order valence-corrected chi connectivity index (χ3v) is 6.58. The maximum Gasteiger partial charge on any atom is 0.248 e. The normalized spacial score (nSPS) is 25.2. The topological polar surface area (TPSA) is 54.3 Å². The Morgan fingerprint density at radius 2 is 1.79 bits per heavy atom. The summed E-state index contributed by atoms with van der Waals surface area (Å²) in [6, 6.07) is 9.33. The molecular weight excluding hydrogens is 354 g/mol. The van der Waals surface area contributed by atoms with Crippen LogP contribution >= 0.6 is 0 Å². The minimum atomic E-state index is -0.581. The molecule has 0 aromatic heterocycles. The summed E-state index contributed by atoms with van der Waals surface area (Å²) >= 11 is 0. The van der Waals surface area contributed by atoms with Gasteiger partial charge in [-0.1, -0.05) is 36.8 Å². The number of hydrogen-bond acceptors (Lipinski definition) is 3. The Morgan fingerprint density at radius 3 is 2.46 bits per heavy atom. The Bertz CT molecular complexity index is 694. The number of quaternary nitrogens is 1. The molecule has 28 heavy (non-hydrogen) atoms. The molecule has 0 radical (unpaired) electrons. The first kappa shape index (κ1) is 19.4. The number of nitrogens with zero attached hydrogens (tertiary/aromatic N) is 2. The van der Waals surface area contributed by atoms with Crippen molar-refractivity contribution in [2.75, 3.05) is 39.8 Å². The smallest absolute Gasteiger partial charge is 0.248 e. The van der Waals surface area contributed by atoms with Crippen LogP contribution in [-0.4, -0.2) is 73.2 Å². The van der Waals surface area contributed by atoms with Gasteiger partial charge in [-0.3, -0.25) is 14.5 Å². The van der Waals surface area contributed by atoms with Crippen molar-refractivity contribution in [3.8, 4) is 0 Å². The number of amides is 2. The molecule has 1 atom stereocenters. The molecule has 6 heteroatoms. The Hall–Kier alpha value is -1.92. The summed E-state index contributed by atoms with van der Waals surface area (Å²) in [6.45, 7) is 3.77. The van der Waals surface area contributed by atoms with Crippen LogP contribution in [-0.2, 0) is 20.7 Å². The average Bonchev–Trinajstić information content (AvgIpc) is 3.08. The second-order valence-electron chi connectivity index (χ2n) is 8.54. The van der Waals surface area contributed by atoms with E-state index in [-0.39, 0.29) is 11.8 Å². The predicted octanol–water partition coefficient (Wildman–Crippen LogP) is 0.474. The van der Waals surface area contributed by atoms with E-state index in [1.54, 1.807) is 0 Å². The third kappa shape index (κ3) is 3.80. The largest absolute Gasteiger partial charge is 0.353 e. The zero-order chi connectivity index (χ0) is 19.6. The number of rotatable bonds is 3. The predicted molar refractivity (Wildman–Crippen MR) is 106 cm³/mol. The van der Waals surface area contributed by atoms with Gasteiger partial charge in [-0.15, -0.1) is 0 Å². The van der Waals surface area contributed by atoms with Crippen molar-refractivity contribution >= 4 is 11.8 Å². The minimum Gasteiger partial charge on any atom is -0.353 e. The highest BCUT2D eigenvalue weighted by Gasteiger charge is 2.53. The number of hydrogen-bond donors (Lipinski definition) is 1. The third-order valence-electron chi connectivity index (χ3n) is 6.58. The summed E-state index contributed by atoms with van der Waals surface area (Å²) in [6.07, 6.45) is 5.27. The van der Waals surface area contributed by atoms with Crippen molar-refractivity contribution in [2.45, 2.75) is 50.3 Å². The van der Waals surface area contributed by atoms with E-state index in [1.807, 2.05) is 40.1 Å². The van der Waals surface area contributed by atoms with Gasteiger partial charge in [0.05, 0.1) is 46.3 Å². The van der Waals surface area contributed by atoms with Crippen LogP contribution in [0.1, 0.15) is 37.7 Å². The molecule has 1 spiro atoms. The number of likely N-dealkylation sites (N-methyl/N-ethyl adjacent to an activating group) is 1.